The Labute approximate surface area is 147 Å². The molecule has 3 rings (SSSR count). The van der Waals surface area contributed by atoms with Gasteiger partial charge < -0.3 is 19.9 Å². The molecule has 1 aliphatic rings. The Hall–Kier alpha value is -2.83. The quantitative estimate of drug-likeness (QED) is 0.840. The molecule has 132 valence electrons. The maximum absolute atomic E-state index is 10.9. The van der Waals surface area contributed by atoms with Gasteiger partial charge in [0.2, 0.25) is 12.4 Å². The summed E-state index contributed by atoms with van der Waals surface area (Å²) in [6.45, 7) is 6.83. The topological polar surface area (TPSA) is 70.6 Å². The van der Waals surface area contributed by atoms with Gasteiger partial charge in [0, 0.05) is 37.9 Å². The van der Waals surface area contributed by atoms with Gasteiger partial charge in [0.1, 0.15) is 11.6 Å². The minimum absolute atomic E-state index is 0.680. The van der Waals surface area contributed by atoms with E-state index < -0.39 is 0 Å². The highest BCUT2D eigenvalue weighted by Gasteiger charge is 2.18. The van der Waals surface area contributed by atoms with Crippen molar-refractivity contribution in [2.75, 3.05) is 43.5 Å². The summed E-state index contributed by atoms with van der Waals surface area (Å²) in [5, 5.41) is 3.34. The average Bonchev–Trinajstić information content (AvgIpc) is 2.61. The molecule has 1 N–H and O–H groups in total. The molecule has 1 aliphatic heterocycles. The second-order valence-electron chi connectivity index (χ2n) is 6.15. The van der Waals surface area contributed by atoms with Crippen LogP contribution in [0.2, 0.25) is 0 Å². The van der Waals surface area contributed by atoms with Crippen LogP contribution >= 0.6 is 0 Å². The zero-order valence-electron chi connectivity index (χ0n) is 14.8. The van der Waals surface area contributed by atoms with Gasteiger partial charge in [0.25, 0.3) is 0 Å². The predicted octanol–water partition coefficient (Wildman–Crippen LogP) is 2.12. The molecule has 0 radical (unpaired) electrons. The van der Waals surface area contributed by atoms with Crippen molar-refractivity contribution in [3.8, 4) is 5.75 Å². The van der Waals surface area contributed by atoms with Crippen LogP contribution < -0.4 is 15.0 Å². The highest BCUT2D eigenvalue weighted by atomic mass is 16.5. The molecule has 1 fully saturated rings. The average molecular weight is 341 g/mol. The molecule has 0 aliphatic carbocycles. The number of amides is 1. The lowest BCUT2D eigenvalue weighted by atomic mass is 10.2. The Morgan fingerprint density at radius 1 is 1.12 bits per heavy atom. The fourth-order valence-electron chi connectivity index (χ4n) is 2.84. The highest BCUT2D eigenvalue weighted by molar-refractivity contribution is 5.66. The Kier molecular flexibility index (Phi) is 5.02. The number of ether oxygens (including phenoxy) is 1. The molecule has 7 heteroatoms. The molecule has 25 heavy (non-hydrogen) atoms. The van der Waals surface area contributed by atoms with Crippen LogP contribution in [-0.4, -0.2) is 54.6 Å². The lowest BCUT2D eigenvalue weighted by Gasteiger charge is -2.32. The van der Waals surface area contributed by atoms with Crippen molar-refractivity contribution in [1.82, 2.24) is 14.9 Å². The van der Waals surface area contributed by atoms with Gasteiger partial charge >= 0.3 is 0 Å². The maximum Gasteiger partial charge on any atom is 0.227 e. The SMILES string of the molecule is COc1ccc(C)cc1Nc1cc(C)nc(N2CCN(C=O)CC2)n1. The first-order valence-corrected chi connectivity index (χ1v) is 8.30. The summed E-state index contributed by atoms with van der Waals surface area (Å²) in [5.41, 5.74) is 2.90. The molecule has 0 saturated carbocycles. The number of aromatic nitrogens is 2. The Bertz CT molecular complexity index is 757. The summed E-state index contributed by atoms with van der Waals surface area (Å²) in [7, 11) is 1.65. The second-order valence-corrected chi connectivity index (χ2v) is 6.15. The number of carbonyl (C=O) groups is 1. The molecule has 1 aromatic heterocycles. The van der Waals surface area contributed by atoms with E-state index in [1.807, 2.05) is 38.1 Å². The van der Waals surface area contributed by atoms with Crippen LogP contribution in [-0.2, 0) is 4.79 Å². The molecule has 1 saturated heterocycles. The molecule has 0 bridgehead atoms. The van der Waals surface area contributed by atoms with E-state index in [0.717, 1.165) is 48.0 Å². The Morgan fingerprint density at radius 2 is 1.88 bits per heavy atom. The van der Waals surface area contributed by atoms with Crippen LogP contribution in [0.1, 0.15) is 11.3 Å². The second kappa shape index (κ2) is 7.38. The number of nitrogens with one attached hydrogen (secondary N) is 1. The number of methoxy groups -OCH3 is 1. The van der Waals surface area contributed by atoms with Crippen molar-refractivity contribution in [1.29, 1.82) is 0 Å². The van der Waals surface area contributed by atoms with Crippen molar-refractivity contribution < 1.29 is 9.53 Å². The number of piperazine rings is 1. The Morgan fingerprint density at radius 3 is 2.56 bits per heavy atom. The smallest absolute Gasteiger partial charge is 0.227 e. The number of aryl methyl sites for hydroxylation is 2. The number of hydrogen-bond donors (Lipinski definition) is 1. The molecule has 2 aromatic rings. The molecular formula is C18H23N5O2. The Balaban J connectivity index is 1.83. The monoisotopic (exact) mass is 341 g/mol. The van der Waals surface area contributed by atoms with Gasteiger partial charge in [-0.25, -0.2) is 4.98 Å². The van der Waals surface area contributed by atoms with Crippen molar-refractivity contribution in [3.63, 3.8) is 0 Å². The van der Waals surface area contributed by atoms with Gasteiger partial charge in [-0.2, -0.15) is 4.98 Å². The van der Waals surface area contributed by atoms with Gasteiger partial charge in [-0.05, 0) is 31.5 Å². The van der Waals surface area contributed by atoms with Crippen molar-refractivity contribution in [2.45, 2.75) is 13.8 Å². The van der Waals surface area contributed by atoms with E-state index in [9.17, 15) is 4.79 Å². The van der Waals surface area contributed by atoms with Gasteiger partial charge in [0.05, 0.1) is 12.8 Å². The number of nitrogens with zero attached hydrogens (tertiary/aromatic N) is 4. The molecular weight excluding hydrogens is 318 g/mol. The van der Waals surface area contributed by atoms with E-state index in [1.54, 1.807) is 12.0 Å². The van der Waals surface area contributed by atoms with Crippen molar-refractivity contribution >= 4 is 23.9 Å². The number of benzene rings is 1. The zero-order valence-corrected chi connectivity index (χ0v) is 14.8. The van der Waals surface area contributed by atoms with Gasteiger partial charge in [-0.1, -0.05) is 6.07 Å². The van der Waals surface area contributed by atoms with Crippen molar-refractivity contribution in [3.05, 3.63) is 35.5 Å². The number of anilines is 3. The first-order chi connectivity index (χ1) is 12.1. The number of hydrogen-bond acceptors (Lipinski definition) is 6. The summed E-state index contributed by atoms with van der Waals surface area (Å²) in [4.78, 5) is 23.9. The molecule has 0 unspecified atom stereocenters. The van der Waals surface area contributed by atoms with Crippen LogP contribution in [0, 0.1) is 13.8 Å². The highest BCUT2D eigenvalue weighted by Crippen LogP contribution is 2.28. The summed E-state index contributed by atoms with van der Waals surface area (Å²) in [6.07, 6.45) is 0.894. The summed E-state index contributed by atoms with van der Waals surface area (Å²) < 4.78 is 5.42. The van der Waals surface area contributed by atoms with Crippen LogP contribution in [0.4, 0.5) is 17.5 Å². The zero-order chi connectivity index (χ0) is 17.8. The fraction of sp³-hybridized carbons (Fsp3) is 0.389. The maximum atomic E-state index is 10.9. The molecule has 0 spiro atoms. The first-order valence-electron chi connectivity index (χ1n) is 8.30. The lowest BCUT2D eigenvalue weighted by Crippen LogP contribution is -2.46. The predicted molar refractivity (Wildman–Crippen MR) is 97.6 cm³/mol. The molecule has 7 nitrogen and oxygen atoms in total. The van der Waals surface area contributed by atoms with Gasteiger partial charge in [-0.3, -0.25) is 4.79 Å². The standard InChI is InChI=1S/C18H23N5O2/c1-13-4-5-16(25-3)15(10-13)20-17-11-14(2)19-18(21-17)23-8-6-22(12-24)7-9-23/h4-5,10-12H,6-9H2,1-3H3,(H,19,20,21). The van der Waals surface area contributed by atoms with Crippen LogP contribution in [0.5, 0.6) is 5.75 Å². The summed E-state index contributed by atoms with van der Waals surface area (Å²) in [5.74, 6) is 2.17. The van der Waals surface area contributed by atoms with E-state index in [-0.39, 0.29) is 0 Å². The van der Waals surface area contributed by atoms with E-state index >= 15 is 0 Å². The molecule has 1 aromatic carbocycles. The number of rotatable bonds is 5. The third kappa shape index (κ3) is 3.99. The van der Waals surface area contributed by atoms with E-state index in [2.05, 4.69) is 20.2 Å². The van der Waals surface area contributed by atoms with Crippen LogP contribution in [0.15, 0.2) is 24.3 Å². The third-order valence-electron chi connectivity index (χ3n) is 4.21. The van der Waals surface area contributed by atoms with E-state index in [1.165, 1.54) is 0 Å². The summed E-state index contributed by atoms with van der Waals surface area (Å²) in [6, 6.07) is 7.88. The fourth-order valence-corrected chi connectivity index (χ4v) is 2.84. The molecule has 2 heterocycles. The number of carbonyl (C=O) groups excluding carboxylic acids is 1. The minimum Gasteiger partial charge on any atom is -0.495 e. The summed E-state index contributed by atoms with van der Waals surface area (Å²) >= 11 is 0. The largest absolute Gasteiger partial charge is 0.495 e. The lowest BCUT2D eigenvalue weighted by molar-refractivity contribution is -0.118. The van der Waals surface area contributed by atoms with E-state index in [0.29, 0.717) is 19.0 Å². The third-order valence-corrected chi connectivity index (χ3v) is 4.21. The first kappa shape index (κ1) is 17.0. The normalized spacial score (nSPS) is 14.4. The molecule has 1 amide bonds. The van der Waals surface area contributed by atoms with E-state index in [4.69, 9.17) is 4.74 Å². The minimum atomic E-state index is 0.680. The van der Waals surface area contributed by atoms with Crippen LogP contribution in [0.25, 0.3) is 0 Å². The molecule has 0 atom stereocenters. The van der Waals surface area contributed by atoms with Crippen LogP contribution in [0.3, 0.4) is 0 Å². The van der Waals surface area contributed by atoms with Gasteiger partial charge in [-0.15, -0.1) is 0 Å². The van der Waals surface area contributed by atoms with Crippen molar-refractivity contribution in [2.24, 2.45) is 0 Å². The van der Waals surface area contributed by atoms with Gasteiger partial charge in [0.15, 0.2) is 0 Å².